The fourth-order valence-electron chi connectivity index (χ4n) is 8.52. The highest BCUT2D eigenvalue weighted by Crippen LogP contribution is 2.80. The molecule has 5 aliphatic rings. The van der Waals surface area contributed by atoms with E-state index in [0.717, 1.165) is 24.8 Å². The zero-order valence-electron chi connectivity index (χ0n) is 20.3. The van der Waals surface area contributed by atoms with E-state index >= 15 is 0 Å². The van der Waals surface area contributed by atoms with Crippen LogP contribution in [-0.2, 0) is 14.3 Å². The van der Waals surface area contributed by atoms with Gasteiger partial charge >= 0.3 is 0 Å². The summed E-state index contributed by atoms with van der Waals surface area (Å²) in [4.78, 5) is 25.4. The first kappa shape index (κ1) is 21.6. The molecule has 0 aromatic heterocycles. The number of ether oxygens (including phenoxy) is 1. The highest BCUT2D eigenvalue weighted by molar-refractivity contribution is 6.06. The number of ketones is 2. The first-order valence-corrected chi connectivity index (χ1v) is 12.7. The molecule has 0 bridgehead atoms. The van der Waals surface area contributed by atoms with Gasteiger partial charge in [0.15, 0.2) is 11.6 Å². The van der Waals surface area contributed by atoms with Gasteiger partial charge < -0.3 is 4.74 Å². The van der Waals surface area contributed by atoms with Crippen LogP contribution in [0.5, 0.6) is 0 Å². The first-order chi connectivity index (χ1) is 14.5. The topological polar surface area (TPSA) is 46.7 Å². The van der Waals surface area contributed by atoms with E-state index in [2.05, 4.69) is 53.7 Å². The molecule has 1 saturated heterocycles. The van der Waals surface area contributed by atoms with Crippen LogP contribution in [-0.4, -0.2) is 22.8 Å². The minimum Gasteiger partial charge on any atom is -0.361 e. The second-order valence-electron chi connectivity index (χ2n) is 12.4. The van der Waals surface area contributed by atoms with Gasteiger partial charge in [-0.3, -0.25) is 9.59 Å². The molecule has 5 rings (SSSR count). The van der Waals surface area contributed by atoms with Crippen molar-refractivity contribution in [3.63, 3.8) is 0 Å². The Labute approximate surface area is 188 Å². The molecule has 1 aliphatic heterocycles. The molecule has 3 saturated carbocycles. The van der Waals surface area contributed by atoms with Crippen LogP contribution in [0.4, 0.5) is 0 Å². The number of carbonyl (C=O) groups excluding carboxylic acids is 2. The van der Waals surface area contributed by atoms with Crippen molar-refractivity contribution in [2.24, 2.45) is 40.4 Å². The minimum absolute atomic E-state index is 0.126. The Bertz CT molecular complexity index is 883. The quantitative estimate of drug-likeness (QED) is 0.406. The molecule has 0 amide bonds. The SMILES string of the molecule is CC(C)[C@@H](C)C=C[C@@H](C)[C@H]1CC[C@]23O[C@]24CC(=O)C2=CC(=O)CC[C@]2(C)[C@@H]4CC[C@]13C. The van der Waals surface area contributed by atoms with E-state index in [1.165, 1.54) is 12.8 Å². The van der Waals surface area contributed by atoms with E-state index in [4.69, 9.17) is 4.74 Å². The van der Waals surface area contributed by atoms with Gasteiger partial charge in [0.25, 0.3) is 0 Å². The summed E-state index contributed by atoms with van der Waals surface area (Å²) in [6.07, 6.45) is 13.0. The molecule has 2 spiro atoms. The molecule has 0 unspecified atom stereocenters. The van der Waals surface area contributed by atoms with Gasteiger partial charge in [0.05, 0.1) is 0 Å². The lowest BCUT2D eigenvalue weighted by atomic mass is 9.46. The minimum atomic E-state index is -0.285. The number of fused-ring (bicyclic) bond motifs is 2. The van der Waals surface area contributed by atoms with Gasteiger partial charge in [0, 0.05) is 35.2 Å². The van der Waals surface area contributed by atoms with Crippen LogP contribution < -0.4 is 0 Å². The summed E-state index contributed by atoms with van der Waals surface area (Å²) in [5, 5.41) is 0. The van der Waals surface area contributed by atoms with E-state index in [-0.39, 0.29) is 33.6 Å². The number of Topliss-reactive ketones (excluding diaryl/α,β-unsaturated/α-hetero) is 1. The average Bonchev–Trinajstić information content (AvgIpc) is 3.26. The zero-order valence-corrected chi connectivity index (χ0v) is 20.3. The van der Waals surface area contributed by atoms with Crippen LogP contribution >= 0.6 is 0 Å². The summed E-state index contributed by atoms with van der Waals surface area (Å²) >= 11 is 0. The molecule has 3 nitrogen and oxygen atoms in total. The van der Waals surface area contributed by atoms with Gasteiger partial charge in [-0.1, -0.05) is 53.7 Å². The molecular weight excluding hydrogens is 384 g/mol. The second-order valence-corrected chi connectivity index (χ2v) is 12.4. The smallest absolute Gasteiger partial charge is 0.162 e. The van der Waals surface area contributed by atoms with Crippen molar-refractivity contribution in [2.45, 2.75) is 97.7 Å². The van der Waals surface area contributed by atoms with Crippen molar-refractivity contribution in [3.8, 4) is 0 Å². The summed E-state index contributed by atoms with van der Waals surface area (Å²) in [6.45, 7) is 14.0. The summed E-state index contributed by atoms with van der Waals surface area (Å²) in [5.74, 6) is 3.07. The summed E-state index contributed by atoms with van der Waals surface area (Å²) in [6, 6.07) is 0. The van der Waals surface area contributed by atoms with Gasteiger partial charge in [0.1, 0.15) is 11.2 Å². The maximum Gasteiger partial charge on any atom is 0.162 e. The van der Waals surface area contributed by atoms with Crippen LogP contribution in [0.25, 0.3) is 0 Å². The average molecular weight is 425 g/mol. The standard InChI is InChI=1S/C28H40O3/c1-17(2)18(3)7-8-19(4)21-10-14-28-26(21,6)13-11-24-25(5)12-9-20(29)15-22(25)23(30)16-27(24,28)31-28/h7-8,15,17-19,21,24H,9-14,16H2,1-6H3/t18-,19+,21+,24-,25-,26+,27-,28+/m0/s1. The highest BCUT2D eigenvalue weighted by Gasteiger charge is 2.86. The van der Waals surface area contributed by atoms with Gasteiger partial charge in [-0.25, -0.2) is 0 Å². The number of hydrogen-bond acceptors (Lipinski definition) is 3. The van der Waals surface area contributed by atoms with Crippen LogP contribution in [0.15, 0.2) is 23.8 Å². The van der Waals surface area contributed by atoms with E-state index in [1.807, 2.05) is 0 Å². The van der Waals surface area contributed by atoms with Crippen molar-refractivity contribution in [1.29, 1.82) is 0 Å². The van der Waals surface area contributed by atoms with Crippen molar-refractivity contribution in [1.82, 2.24) is 0 Å². The van der Waals surface area contributed by atoms with Crippen molar-refractivity contribution >= 4 is 11.6 Å². The van der Waals surface area contributed by atoms with E-state index in [9.17, 15) is 9.59 Å². The predicted octanol–water partition coefficient (Wildman–Crippen LogP) is 6.07. The van der Waals surface area contributed by atoms with Crippen LogP contribution in [0, 0.1) is 40.4 Å². The van der Waals surface area contributed by atoms with Gasteiger partial charge in [-0.15, -0.1) is 0 Å². The number of epoxide rings is 1. The first-order valence-electron chi connectivity index (χ1n) is 12.7. The third-order valence-corrected chi connectivity index (χ3v) is 10.8. The Morgan fingerprint density at radius 3 is 2.48 bits per heavy atom. The maximum absolute atomic E-state index is 13.3. The lowest BCUT2D eigenvalue weighted by Gasteiger charge is -2.54. The van der Waals surface area contributed by atoms with Crippen LogP contribution in [0.2, 0.25) is 0 Å². The summed E-state index contributed by atoms with van der Waals surface area (Å²) in [5.41, 5.74) is 0.334. The normalized spacial score (nSPS) is 48.0. The number of hydrogen-bond donors (Lipinski definition) is 0. The van der Waals surface area contributed by atoms with Crippen LogP contribution in [0.3, 0.4) is 0 Å². The summed E-state index contributed by atoms with van der Waals surface area (Å²) < 4.78 is 6.88. The largest absolute Gasteiger partial charge is 0.361 e. The highest BCUT2D eigenvalue weighted by atomic mass is 16.6. The van der Waals surface area contributed by atoms with Gasteiger partial charge in [-0.05, 0) is 61.9 Å². The van der Waals surface area contributed by atoms with E-state index in [1.54, 1.807) is 6.08 Å². The molecule has 0 aromatic carbocycles. The Morgan fingerprint density at radius 1 is 1.03 bits per heavy atom. The third-order valence-electron chi connectivity index (χ3n) is 10.8. The van der Waals surface area contributed by atoms with E-state index in [0.29, 0.717) is 42.4 Å². The Morgan fingerprint density at radius 2 is 1.77 bits per heavy atom. The summed E-state index contributed by atoms with van der Waals surface area (Å²) in [7, 11) is 0. The lowest BCUT2D eigenvalue weighted by molar-refractivity contribution is -0.127. The monoisotopic (exact) mass is 424 g/mol. The molecule has 3 heteroatoms. The third kappa shape index (κ3) is 2.62. The fourth-order valence-corrected chi connectivity index (χ4v) is 8.52. The van der Waals surface area contributed by atoms with Gasteiger partial charge in [0.2, 0.25) is 0 Å². The zero-order chi connectivity index (χ0) is 22.4. The molecule has 170 valence electrons. The van der Waals surface area contributed by atoms with E-state index < -0.39 is 0 Å². The van der Waals surface area contributed by atoms with Crippen molar-refractivity contribution in [3.05, 3.63) is 23.8 Å². The molecule has 1 heterocycles. The fraction of sp³-hybridized carbons (Fsp3) is 0.786. The maximum atomic E-state index is 13.3. The number of rotatable bonds is 4. The predicted molar refractivity (Wildman–Crippen MR) is 122 cm³/mol. The van der Waals surface area contributed by atoms with Crippen LogP contribution in [0.1, 0.15) is 86.5 Å². The molecule has 4 aliphatic carbocycles. The van der Waals surface area contributed by atoms with Crippen molar-refractivity contribution in [2.75, 3.05) is 0 Å². The lowest BCUT2D eigenvalue weighted by Crippen LogP contribution is -2.58. The molecule has 0 N–H and O–H groups in total. The molecule has 0 aromatic rings. The Kier molecular flexibility index (Phi) is 4.64. The molecule has 0 radical (unpaired) electrons. The molecule has 4 fully saturated rings. The molecule has 31 heavy (non-hydrogen) atoms. The number of allylic oxidation sites excluding steroid dienone is 3. The Hall–Kier alpha value is -1.22. The van der Waals surface area contributed by atoms with Crippen molar-refractivity contribution < 1.29 is 14.3 Å². The van der Waals surface area contributed by atoms with Gasteiger partial charge in [-0.2, -0.15) is 0 Å². The second kappa shape index (κ2) is 6.65. The molecule has 8 atom stereocenters. The molecular formula is C28H40O3. The number of carbonyl (C=O) groups is 2. The Balaban J connectivity index is 1.46.